The van der Waals surface area contributed by atoms with Crippen molar-refractivity contribution in [2.45, 2.75) is 20.5 Å². The number of anilines is 1. The van der Waals surface area contributed by atoms with Gasteiger partial charge in [0.15, 0.2) is 0 Å². The number of benzene rings is 4. The number of esters is 1. The highest BCUT2D eigenvalue weighted by atomic mass is 16.5. The van der Waals surface area contributed by atoms with Gasteiger partial charge in [-0.25, -0.2) is 4.79 Å². The van der Waals surface area contributed by atoms with Gasteiger partial charge < -0.3 is 14.8 Å². The van der Waals surface area contributed by atoms with Gasteiger partial charge in [-0.05, 0) is 66.6 Å². The van der Waals surface area contributed by atoms with E-state index in [4.69, 9.17) is 9.47 Å². The molecule has 0 saturated carbocycles. The van der Waals surface area contributed by atoms with Crippen molar-refractivity contribution in [2.75, 3.05) is 11.9 Å². The van der Waals surface area contributed by atoms with Crippen LogP contribution in [-0.2, 0) is 16.1 Å². The summed E-state index contributed by atoms with van der Waals surface area (Å²) >= 11 is 0. The zero-order valence-corrected chi connectivity index (χ0v) is 20.7. The summed E-state index contributed by atoms with van der Waals surface area (Å²) in [6.45, 7) is 4.38. The number of amides is 1. The third-order valence-corrected chi connectivity index (χ3v) is 5.72. The number of ether oxygens (including phenoxy) is 2. The van der Waals surface area contributed by atoms with E-state index in [1.807, 2.05) is 67.6 Å². The average Bonchev–Trinajstić information content (AvgIpc) is 2.91. The minimum Gasteiger partial charge on any atom is -0.488 e. The number of nitrogens with zero attached hydrogens (tertiary/aromatic N) is 1. The Balaban J connectivity index is 1.62. The standard InChI is InChI=1S/C31H26N2O4/c1-3-36-31(35)24-11-14-26(15-12-24)33-30(34)25(19-32)18-28-27-10-5-4-9-23(27)13-16-29(28)37-20-22-8-6-7-21(2)17-22/h4-18H,3,20H2,1-2H3,(H,33,34)/b25-18+. The SMILES string of the molecule is CCOC(=O)c1ccc(NC(=O)/C(C#N)=C/c2c(OCc3cccc(C)c3)ccc3ccccc23)cc1. The first kappa shape index (κ1) is 25.2. The third kappa shape index (κ3) is 6.22. The van der Waals surface area contributed by atoms with Gasteiger partial charge in [-0.15, -0.1) is 0 Å². The minimum absolute atomic E-state index is 0.0776. The van der Waals surface area contributed by atoms with E-state index in [2.05, 4.69) is 11.4 Å². The molecule has 0 heterocycles. The minimum atomic E-state index is -0.566. The molecule has 0 aromatic heterocycles. The Bertz CT molecular complexity index is 1510. The molecule has 0 spiro atoms. The van der Waals surface area contributed by atoms with Crippen molar-refractivity contribution in [1.29, 1.82) is 5.26 Å². The van der Waals surface area contributed by atoms with E-state index in [9.17, 15) is 14.9 Å². The molecule has 0 bridgehead atoms. The van der Waals surface area contributed by atoms with Crippen LogP contribution in [0, 0.1) is 18.3 Å². The van der Waals surface area contributed by atoms with E-state index in [0.717, 1.165) is 21.9 Å². The Morgan fingerprint density at radius 2 is 1.76 bits per heavy atom. The van der Waals surface area contributed by atoms with Crippen molar-refractivity contribution < 1.29 is 19.1 Å². The van der Waals surface area contributed by atoms with Crippen molar-refractivity contribution >= 4 is 34.4 Å². The topological polar surface area (TPSA) is 88.4 Å². The zero-order chi connectivity index (χ0) is 26.2. The fourth-order valence-corrected chi connectivity index (χ4v) is 3.91. The average molecular weight is 491 g/mol. The molecule has 4 aromatic rings. The van der Waals surface area contributed by atoms with Gasteiger partial charge in [-0.1, -0.05) is 60.2 Å². The van der Waals surface area contributed by atoms with Gasteiger partial charge in [0.25, 0.3) is 5.91 Å². The summed E-state index contributed by atoms with van der Waals surface area (Å²) in [5.74, 6) is -0.435. The van der Waals surface area contributed by atoms with E-state index in [1.165, 1.54) is 0 Å². The molecular weight excluding hydrogens is 464 g/mol. The third-order valence-electron chi connectivity index (χ3n) is 5.72. The number of carbonyl (C=O) groups excluding carboxylic acids is 2. The molecule has 0 saturated heterocycles. The summed E-state index contributed by atoms with van der Waals surface area (Å²) in [5, 5.41) is 14.4. The highest BCUT2D eigenvalue weighted by Gasteiger charge is 2.15. The normalized spacial score (nSPS) is 11.0. The first-order valence-corrected chi connectivity index (χ1v) is 11.9. The fraction of sp³-hybridized carbons (Fsp3) is 0.129. The van der Waals surface area contributed by atoms with Crippen LogP contribution < -0.4 is 10.1 Å². The molecule has 4 rings (SSSR count). The van der Waals surface area contributed by atoms with Gasteiger partial charge in [0.05, 0.1) is 12.2 Å². The van der Waals surface area contributed by atoms with Gasteiger partial charge in [-0.3, -0.25) is 4.79 Å². The lowest BCUT2D eigenvalue weighted by molar-refractivity contribution is -0.112. The molecule has 0 unspecified atom stereocenters. The molecule has 6 heteroatoms. The number of carbonyl (C=O) groups is 2. The highest BCUT2D eigenvalue weighted by Crippen LogP contribution is 2.31. The first-order chi connectivity index (χ1) is 18.0. The van der Waals surface area contributed by atoms with Gasteiger partial charge in [0.1, 0.15) is 24.0 Å². The summed E-state index contributed by atoms with van der Waals surface area (Å²) in [5.41, 5.74) is 3.56. The predicted octanol–water partition coefficient (Wildman–Crippen LogP) is 6.45. The Labute approximate surface area is 215 Å². The Kier molecular flexibility index (Phi) is 7.97. The Morgan fingerprint density at radius 3 is 2.49 bits per heavy atom. The molecule has 1 N–H and O–H groups in total. The van der Waals surface area contributed by atoms with Gasteiger partial charge in [0.2, 0.25) is 0 Å². The van der Waals surface area contributed by atoms with Crippen molar-refractivity contribution in [1.82, 2.24) is 0 Å². The lowest BCUT2D eigenvalue weighted by Gasteiger charge is -2.13. The molecule has 184 valence electrons. The summed E-state index contributed by atoms with van der Waals surface area (Å²) in [6, 6.07) is 27.9. The molecular formula is C31H26N2O4. The van der Waals surface area contributed by atoms with E-state index in [-0.39, 0.29) is 12.2 Å². The maximum absolute atomic E-state index is 13.0. The summed E-state index contributed by atoms with van der Waals surface area (Å²) in [7, 11) is 0. The maximum atomic E-state index is 13.0. The van der Waals surface area contributed by atoms with Crippen molar-refractivity contribution in [3.8, 4) is 11.8 Å². The predicted molar refractivity (Wildman–Crippen MR) is 144 cm³/mol. The summed E-state index contributed by atoms with van der Waals surface area (Å²) < 4.78 is 11.1. The molecule has 0 radical (unpaired) electrons. The van der Waals surface area contributed by atoms with Crippen LogP contribution in [0.2, 0.25) is 0 Å². The lowest BCUT2D eigenvalue weighted by Crippen LogP contribution is -2.14. The zero-order valence-electron chi connectivity index (χ0n) is 20.7. The quantitative estimate of drug-likeness (QED) is 0.174. The van der Waals surface area contributed by atoms with Crippen LogP contribution in [0.3, 0.4) is 0 Å². The summed E-state index contributed by atoms with van der Waals surface area (Å²) in [6.07, 6.45) is 1.55. The van der Waals surface area contributed by atoms with Crippen LogP contribution in [0.25, 0.3) is 16.8 Å². The smallest absolute Gasteiger partial charge is 0.338 e. The molecule has 4 aromatic carbocycles. The van der Waals surface area contributed by atoms with Gasteiger partial charge >= 0.3 is 5.97 Å². The monoisotopic (exact) mass is 490 g/mol. The Morgan fingerprint density at radius 1 is 0.973 bits per heavy atom. The van der Waals surface area contributed by atoms with Gasteiger partial charge in [0, 0.05) is 11.3 Å². The number of rotatable bonds is 8. The highest BCUT2D eigenvalue weighted by molar-refractivity contribution is 6.11. The molecule has 0 aliphatic rings. The number of nitrogens with one attached hydrogen (secondary N) is 1. The lowest BCUT2D eigenvalue weighted by atomic mass is 10.0. The second-order valence-corrected chi connectivity index (χ2v) is 8.40. The number of hydrogen-bond donors (Lipinski definition) is 1. The second kappa shape index (κ2) is 11.7. The van der Waals surface area contributed by atoms with E-state index in [0.29, 0.717) is 29.2 Å². The van der Waals surface area contributed by atoms with Crippen molar-refractivity contribution in [3.05, 3.63) is 113 Å². The molecule has 6 nitrogen and oxygen atoms in total. The summed E-state index contributed by atoms with van der Waals surface area (Å²) in [4.78, 5) is 24.9. The van der Waals surface area contributed by atoms with E-state index in [1.54, 1.807) is 37.3 Å². The van der Waals surface area contributed by atoms with Gasteiger partial charge in [-0.2, -0.15) is 5.26 Å². The van der Waals surface area contributed by atoms with Crippen molar-refractivity contribution in [2.24, 2.45) is 0 Å². The van der Waals surface area contributed by atoms with Crippen LogP contribution in [-0.4, -0.2) is 18.5 Å². The molecule has 0 atom stereocenters. The Hall–Kier alpha value is -4.89. The maximum Gasteiger partial charge on any atom is 0.338 e. The number of hydrogen-bond acceptors (Lipinski definition) is 5. The number of fused-ring (bicyclic) bond motifs is 1. The van der Waals surface area contributed by atoms with E-state index < -0.39 is 11.9 Å². The second-order valence-electron chi connectivity index (χ2n) is 8.40. The largest absolute Gasteiger partial charge is 0.488 e. The number of nitriles is 1. The molecule has 0 fully saturated rings. The molecule has 1 amide bonds. The van der Waals surface area contributed by atoms with Crippen LogP contribution in [0.4, 0.5) is 5.69 Å². The van der Waals surface area contributed by atoms with Crippen LogP contribution in [0.5, 0.6) is 5.75 Å². The van der Waals surface area contributed by atoms with E-state index >= 15 is 0 Å². The first-order valence-electron chi connectivity index (χ1n) is 11.9. The van der Waals surface area contributed by atoms with Crippen LogP contribution >= 0.6 is 0 Å². The van der Waals surface area contributed by atoms with Crippen LogP contribution in [0.1, 0.15) is 34.0 Å². The number of aryl methyl sites for hydroxylation is 1. The molecule has 0 aliphatic heterocycles. The fourth-order valence-electron chi connectivity index (χ4n) is 3.91. The molecule has 37 heavy (non-hydrogen) atoms. The van der Waals surface area contributed by atoms with Crippen LogP contribution in [0.15, 0.2) is 90.5 Å². The molecule has 0 aliphatic carbocycles. The van der Waals surface area contributed by atoms with Crippen molar-refractivity contribution in [3.63, 3.8) is 0 Å².